The van der Waals surface area contributed by atoms with Gasteiger partial charge in [-0.3, -0.25) is 0 Å². The van der Waals surface area contributed by atoms with E-state index >= 15 is 0 Å². The minimum atomic E-state index is -0.663. The largest absolute Gasteiger partial charge is 0.479 e. The average molecular weight is 306 g/mol. The van der Waals surface area contributed by atoms with Crippen LogP contribution in [0.1, 0.15) is 19.8 Å². The highest BCUT2D eigenvalue weighted by atomic mass is 19.1. The fourth-order valence-corrected chi connectivity index (χ4v) is 2.24. The molecule has 0 radical (unpaired) electrons. The number of aliphatic hydroxyl groups excluding tert-OH is 1. The first kappa shape index (κ1) is 16.1. The molecule has 1 atom stereocenters. The summed E-state index contributed by atoms with van der Waals surface area (Å²) in [5, 5.41) is 14.8. The Bertz CT molecular complexity index is 596. The van der Waals surface area contributed by atoms with Gasteiger partial charge < -0.3 is 20.5 Å². The van der Waals surface area contributed by atoms with Gasteiger partial charge >= 0.3 is 6.03 Å². The average Bonchev–Trinajstić information content (AvgIpc) is 3.32. The van der Waals surface area contributed by atoms with Crippen molar-refractivity contribution in [1.82, 2.24) is 5.32 Å². The van der Waals surface area contributed by atoms with E-state index in [0.717, 1.165) is 18.9 Å². The number of hydrogen-bond acceptors (Lipinski definition) is 3. The van der Waals surface area contributed by atoms with Crippen molar-refractivity contribution in [2.75, 3.05) is 18.5 Å². The number of carbonyl (C=O) groups excluding carboxylic acids is 1. The highest BCUT2D eigenvalue weighted by molar-refractivity contribution is 5.91. The monoisotopic (exact) mass is 306 g/mol. The summed E-state index contributed by atoms with van der Waals surface area (Å²) in [6.07, 6.45) is 7.06. The summed E-state index contributed by atoms with van der Waals surface area (Å²) in [6, 6.07) is 3.28. The molecule has 1 aliphatic carbocycles. The molecule has 0 aliphatic heterocycles. The van der Waals surface area contributed by atoms with Crippen LogP contribution in [0.2, 0.25) is 0 Å². The minimum Gasteiger partial charge on any atom is -0.479 e. The van der Waals surface area contributed by atoms with Crippen LogP contribution in [-0.2, 0) is 0 Å². The van der Waals surface area contributed by atoms with E-state index in [1.165, 1.54) is 12.1 Å². The van der Waals surface area contributed by atoms with E-state index in [4.69, 9.17) is 11.2 Å². The summed E-state index contributed by atoms with van der Waals surface area (Å²) in [5.74, 6) is 2.22. The molecular weight excluding hydrogens is 287 g/mol. The summed E-state index contributed by atoms with van der Waals surface area (Å²) in [4.78, 5) is 12.1. The van der Waals surface area contributed by atoms with Crippen molar-refractivity contribution in [3.05, 3.63) is 24.0 Å². The Labute approximate surface area is 128 Å². The van der Waals surface area contributed by atoms with Gasteiger partial charge in [-0.25, -0.2) is 9.18 Å². The maximum absolute atomic E-state index is 13.3. The van der Waals surface area contributed by atoms with Crippen molar-refractivity contribution >= 4 is 11.7 Å². The second-order valence-corrected chi connectivity index (χ2v) is 5.56. The second-order valence-electron chi connectivity index (χ2n) is 5.56. The van der Waals surface area contributed by atoms with E-state index in [1.807, 2.05) is 0 Å². The van der Waals surface area contributed by atoms with Crippen LogP contribution in [0.5, 0.6) is 5.75 Å². The second kappa shape index (κ2) is 6.67. The number of nitrogens with one attached hydrogen (secondary N) is 2. The fourth-order valence-electron chi connectivity index (χ4n) is 2.24. The van der Waals surface area contributed by atoms with Gasteiger partial charge in [0, 0.05) is 6.07 Å². The number of halogens is 1. The van der Waals surface area contributed by atoms with Crippen LogP contribution in [0.4, 0.5) is 14.9 Å². The SMILES string of the molecule is C#CCOc1cc(F)ccc1NC(=O)N[C@@](C)(CO)C1CC1. The number of rotatable bonds is 6. The quantitative estimate of drug-likeness (QED) is 0.705. The van der Waals surface area contributed by atoms with Crippen molar-refractivity contribution in [1.29, 1.82) is 0 Å². The van der Waals surface area contributed by atoms with Gasteiger partial charge in [-0.1, -0.05) is 5.92 Å². The first-order valence-electron chi connectivity index (χ1n) is 7.04. The molecule has 1 fully saturated rings. The molecule has 3 N–H and O–H groups in total. The van der Waals surface area contributed by atoms with Crippen LogP contribution < -0.4 is 15.4 Å². The lowest BCUT2D eigenvalue weighted by molar-refractivity contribution is 0.159. The summed E-state index contributed by atoms with van der Waals surface area (Å²) < 4.78 is 18.5. The van der Waals surface area contributed by atoms with Crippen molar-refractivity contribution in [2.45, 2.75) is 25.3 Å². The molecule has 6 heteroatoms. The molecule has 1 aromatic carbocycles. The summed E-state index contributed by atoms with van der Waals surface area (Å²) >= 11 is 0. The summed E-state index contributed by atoms with van der Waals surface area (Å²) in [7, 11) is 0. The fraction of sp³-hybridized carbons (Fsp3) is 0.438. The number of urea groups is 1. The van der Waals surface area contributed by atoms with Gasteiger partial charge in [-0.2, -0.15) is 0 Å². The van der Waals surface area contributed by atoms with Gasteiger partial charge in [0.05, 0.1) is 17.8 Å². The van der Waals surface area contributed by atoms with Crippen LogP contribution in [0.15, 0.2) is 18.2 Å². The van der Waals surface area contributed by atoms with Crippen LogP contribution >= 0.6 is 0 Å². The Morgan fingerprint density at radius 2 is 2.32 bits per heavy atom. The highest BCUT2D eigenvalue weighted by Crippen LogP contribution is 2.39. The van der Waals surface area contributed by atoms with E-state index in [2.05, 4.69) is 16.6 Å². The number of benzene rings is 1. The Balaban J connectivity index is 2.06. The van der Waals surface area contributed by atoms with Crippen LogP contribution in [0, 0.1) is 24.1 Å². The lowest BCUT2D eigenvalue weighted by Gasteiger charge is -2.28. The van der Waals surface area contributed by atoms with E-state index in [0.29, 0.717) is 5.69 Å². The normalized spacial score (nSPS) is 16.3. The molecule has 0 aromatic heterocycles. The number of terminal acetylenes is 1. The number of carbonyl (C=O) groups is 1. The molecule has 1 aliphatic rings. The maximum Gasteiger partial charge on any atom is 0.319 e. The zero-order valence-electron chi connectivity index (χ0n) is 12.4. The molecule has 0 saturated heterocycles. The molecule has 1 saturated carbocycles. The number of hydrogen-bond donors (Lipinski definition) is 3. The van der Waals surface area contributed by atoms with E-state index < -0.39 is 17.4 Å². The van der Waals surface area contributed by atoms with Gasteiger partial charge in [0.1, 0.15) is 18.2 Å². The molecule has 0 unspecified atom stereocenters. The predicted molar refractivity (Wildman–Crippen MR) is 81.1 cm³/mol. The summed E-state index contributed by atoms with van der Waals surface area (Å²) in [5.41, 5.74) is -0.352. The zero-order chi connectivity index (χ0) is 16.2. The standard InChI is InChI=1S/C16H19FN2O3/c1-3-8-22-14-9-12(17)6-7-13(14)18-15(21)19-16(2,10-20)11-4-5-11/h1,6-7,9,11,20H,4-5,8,10H2,2H3,(H2,18,19,21)/t16-/m0/s1. The Hall–Kier alpha value is -2.26. The molecule has 118 valence electrons. The minimum absolute atomic E-state index is 0.0316. The first-order chi connectivity index (χ1) is 10.5. The Kier molecular flexibility index (Phi) is 4.88. The zero-order valence-corrected chi connectivity index (χ0v) is 12.4. The number of aliphatic hydroxyl groups is 1. The van der Waals surface area contributed by atoms with Crippen molar-refractivity contribution < 1.29 is 19.0 Å². The van der Waals surface area contributed by atoms with E-state index in [1.54, 1.807) is 6.92 Å². The smallest absolute Gasteiger partial charge is 0.319 e. The molecule has 2 rings (SSSR count). The number of anilines is 1. The molecule has 22 heavy (non-hydrogen) atoms. The topological polar surface area (TPSA) is 70.6 Å². The van der Waals surface area contributed by atoms with Gasteiger partial charge in [0.25, 0.3) is 0 Å². The Morgan fingerprint density at radius 3 is 2.91 bits per heavy atom. The Morgan fingerprint density at radius 1 is 1.59 bits per heavy atom. The maximum atomic E-state index is 13.3. The lowest BCUT2D eigenvalue weighted by atomic mass is 9.97. The van der Waals surface area contributed by atoms with Gasteiger partial charge in [0.2, 0.25) is 0 Å². The third-order valence-corrected chi connectivity index (χ3v) is 3.71. The van der Waals surface area contributed by atoms with Crippen LogP contribution in [-0.4, -0.2) is 29.9 Å². The highest BCUT2D eigenvalue weighted by Gasteiger charge is 2.42. The van der Waals surface area contributed by atoms with Crippen molar-refractivity contribution in [3.8, 4) is 18.1 Å². The van der Waals surface area contributed by atoms with E-state index in [-0.39, 0.29) is 24.9 Å². The van der Waals surface area contributed by atoms with Crippen molar-refractivity contribution in [2.24, 2.45) is 5.92 Å². The molecule has 1 aromatic rings. The molecule has 0 bridgehead atoms. The number of ether oxygens (including phenoxy) is 1. The van der Waals surface area contributed by atoms with Gasteiger partial charge in [-0.05, 0) is 37.8 Å². The van der Waals surface area contributed by atoms with E-state index in [9.17, 15) is 14.3 Å². The van der Waals surface area contributed by atoms with Gasteiger partial charge in [-0.15, -0.1) is 6.42 Å². The van der Waals surface area contributed by atoms with Crippen LogP contribution in [0.25, 0.3) is 0 Å². The molecule has 0 spiro atoms. The molecular formula is C16H19FN2O3. The number of amides is 2. The lowest BCUT2D eigenvalue weighted by Crippen LogP contribution is -2.52. The van der Waals surface area contributed by atoms with Gasteiger partial charge in [0.15, 0.2) is 0 Å². The molecule has 2 amide bonds. The van der Waals surface area contributed by atoms with Crippen molar-refractivity contribution in [3.63, 3.8) is 0 Å². The predicted octanol–water partition coefficient (Wildman–Crippen LogP) is 2.12. The molecule has 0 heterocycles. The third kappa shape index (κ3) is 3.89. The van der Waals surface area contributed by atoms with Crippen LogP contribution in [0.3, 0.4) is 0 Å². The third-order valence-electron chi connectivity index (χ3n) is 3.71. The first-order valence-corrected chi connectivity index (χ1v) is 7.04. The summed E-state index contributed by atoms with van der Waals surface area (Å²) in [6.45, 7) is 1.62. The molecule has 5 nitrogen and oxygen atoms in total.